The largest absolute Gasteiger partial charge is 0.283 e. The summed E-state index contributed by atoms with van der Waals surface area (Å²) in [7, 11) is -7.25. The predicted octanol–water partition coefficient (Wildman–Crippen LogP) is 0.547. The smallest absolute Gasteiger partial charge is 0.238 e. The molecule has 1 saturated carbocycles. The molecule has 0 radical (unpaired) electrons. The summed E-state index contributed by atoms with van der Waals surface area (Å²) < 4.78 is 48.4. The Balaban J connectivity index is 2.38. The first-order valence-corrected chi connectivity index (χ1v) is 8.44. The van der Waals surface area contributed by atoms with Crippen LogP contribution in [0.1, 0.15) is 18.4 Å². The van der Waals surface area contributed by atoms with Gasteiger partial charge in [0.05, 0.1) is 15.8 Å². The number of hydrogen-bond donors (Lipinski definition) is 2. The van der Waals surface area contributed by atoms with Gasteiger partial charge in [-0.25, -0.2) is 22.0 Å². The molecule has 100 valence electrons. The average Bonchev–Trinajstić information content (AvgIpc) is 3.02. The Morgan fingerprint density at radius 1 is 1.22 bits per heavy atom. The molecule has 0 unspecified atom stereocenters. The Morgan fingerprint density at radius 2 is 1.83 bits per heavy atom. The van der Waals surface area contributed by atoms with E-state index in [1.165, 1.54) is 18.2 Å². The van der Waals surface area contributed by atoms with Crippen molar-refractivity contribution in [2.24, 2.45) is 5.14 Å². The third-order valence-corrected chi connectivity index (χ3v) is 5.52. The minimum Gasteiger partial charge on any atom is -0.283 e. The zero-order valence-electron chi connectivity index (χ0n) is 9.75. The lowest BCUT2D eigenvalue weighted by molar-refractivity contribution is 0.596. The molecule has 18 heavy (non-hydrogen) atoms. The molecule has 0 heterocycles. The minimum atomic E-state index is -3.84. The highest BCUT2D eigenvalue weighted by Gasteiger charge is 2.36. The summed E-state index contributed by atoms with van der Waals surface area (Å²) >= 11 is 0. The van der Waals surface area contributed by atoms with Crippen LogP contribution >= 0.6 is 0 Å². The van der Waals surface area contributed by atoms with Crippen molar-refractivity contribution in [2.75, 3.05) is 4.72 Å². The first-order chi connectivity index (χ1) is 8.20. The number of sulfonamides is 2. The topological polar surface area (TPSA) is 106 Å². The molecule has 2 rings (SSSR count). The van der Waals surface area contributed by atoms with Crippen LogP contribution in [0.25, 0.3) is 0 Å². The SMILES string of the molecule is Cc1ccc(S(N)(=O)=O)cc1NS(=O)(=O)C1CC1. The number of hydrogen-bond acceptors (Lipinski definition) is 4. The van der Waals surface area contributed by atoms with Crippen molar-refractivity contribution in [1.82, 2.24) is 0 Å². The zero-order chi connectivity index (χ0) is 13.6. The second-order valence-electron chi connectivity index (χ2n) is 4.37. The maximum absolute atomic E-state index is 11.8. The van der Waals surface area contributed by atoms with Gasteiger partial charge in [-0.1, -0.05) is 6.07 Å². The highest BCUT2D eigenvalue weighted by Crippen LogP contribution is 2.31. The number of rotatable bonds is 4. The van der Waals surface area contributed by atoms with Crippen molar-refractivity contribution < 1.29 is 16.8 Å². The summed E-state index contributed by atoms with van der Waals surface area (Å²) in [5.74, 6) is 0. The van der Waals surface area contributed by atoms with Crippen LogP contribution in [0, 0.1) is 6.92 Å². The van der Waals surface area contributed by atoms with Gasteiger partial charge in [0.1, 0.15) is 0 Å². The molecule has 1 aromatic rings. The van der Waals surface area contributed by atoms with E-state index >= 15 is 0 Å². The fourth-order valence-corrected chi connectivity index (χ4v) is 3.49. The lowest BCUT2D eigenvalue weighted by Gasteiger charge is -2.11. The van der Waals surface area contributed by atoms with E-state index in [0.717, 1.165) is 0 Å². The minimum absolute atomic E-state index is 0.110. The van der Waals surface area contributed by atoms with Crippen LogP contribution in [0.5, 0.6) is 0 Å². The van der Waals surface area contributed by atoms with Gasteiger partial charge in [-0.05, 0) is 37.5 Å². The molecule has 6 nitrogen and oxygen atoms in total. The Bertz CT molecular complexity index is 676. The highest BCUT2D eigenvalue weighted by molar-refractivity contribution is 7.93. The van der Waals surface area contributed by atoms with Crippen molar-refractivity contribution in [1.29, 1.82) is 0 Å². The molecule has 1 aliphatic carbocycles. The van der Waals surface area contributed by atoms with Crippen LogP contribution in [-0.4, -0.2) is 22.1 Å². The molecule has 0 saturated heterocycles. The molecule has 0 atom stereocenters. The van der Waals surface area contributed by atoms with Crippen LogP contribution < -0.4 is 9.86 Å². The summed E-state index contributed by atoms with van der Waals surface area (Å²) in [6.45, 7) is 1.69. The van der Waals surface area contributed by atoms with E-state index in [-0.39, 0.29) is 15.8 Å². The number of aryl methyl sites for hydroxylation is 1. The standard InChI is InChI=1S/C10H14N2O4S2/c1-7-2-3-9(17(11,13)14)6-10(7)12-18(15,16)8-4-5-8/h2-3,6,8,12H,4-5H2,1H3,(H2,11,13,14). The van der Waals surface area contributed by atoms with Gasteiger partial charge in [-0.2, -0.15) is 0 Å². The Kier molecular flexibility index (Phi) is 3.12. The molecule has 3 N–H and O–H groups in total. The first-order valence-electron chi connectivity index (χ1n) is 5.35. The van der Waals surface area contributed by atoms with Crippen LogP contribution in [0.2, 0.25) is 0 Å². The molecule has 0 aliphatic heterocycles. The van der Waals surface area contributed by atoms with Gasteiger partial charge in [-0.15, -0.1) is 0 Å². The van der Waals surface area contributed by atoms with Crippen molar-refractivity contribution in [3.05, 3.63) is 23.8 Å². The molecule has 0 aromatic heterocycles. The summed E-state index contributed by atoms with van der Waals surface area (Å²) in [4.78, 5) is -0.110. The molecule has 1 aromatic carbocycles. The summed E-state index contributed by atoms with van der Waals surface area (Å²) in [5.41, 5.74) is 0.903. The third kappa shape index (κ3) is 2.82. The molecular formula is C10H14N2O4S2. The van der Waals surface area contributed by atoms with Crippen LogP contribution in [0.15, 0.2) is 23.1 Å². The van der Waals surface area contributed by atoms with E-state index in [4.69, 9.17) is 5.14 Å². The van der Waals surface area contributed by atoms with E-state index in [1.54, 1.807) is 6.92 Å². The Hall–Kier alpha value is -1.12. The van der Waals surface area contributed by atoms with Crippen molar-refractivity contribution >= 4 is 25.7 Å². The number of benzene rings is 1. The van der Waals surface area contributed by atoms with Gasteiger partial charge in [0.2, 0.25) is 20.0 Å². The van der Waals surface area contributed by atoms with Gasteiger partial charge in [0.15, 0.2) is 0 Å². The average molecular weight is 290 g/mol. The lowest BCUT2D eigenvalue weighted by atomic mass is 10.2. The summed E-state index contributed by atoms with van der Waals surface area (Å²) in [6, 6.07) is 4.11. The maximum atomic E-state index is 11.8. The number of nitrogens with two attached hydrogens (primary N) is 1. The highest BCUT2D eigenvalue weighted by atomic mass is 32.2. The quantitative estimate of drug-likeness (QED) is 0.844. The molecule has 8 heteroatoms. The molecule has 0 spiro atoms. The van der Waals surface area contributed by atoms with Crippen LogP contribution in [-0.2, 0) is 20.0 Å². The molecule has 0 amide bonds. The first kappa shape index (κ1) is 13.3. The molecular weight excluding hydrogens is 276 g/mol. The Labute approximate surface area is 106 Å². The van der Waals surface area contributed by atoms with E-state index in [1.807, 2.05) is 0 Å². The molecule has 1 aliphatic rings. The maximum Gasteiger partial charge on any atom is 0.238 e. The van der Waals surface area contributed by atoms with E-state index < -0.39 is 20.0 Å². The van der Waals surface area contributed by atoms with E-state index in [0.29, 0.717) is 18.4 Å². The molecule has 0 bridgehead atoms. The van der Waals surface area contributed by atoms with E-state index in [9.17, 15) is 16.8 Å². The summed E-state index contributed by atoms with van der Waals surface area (Å²) in [6.07, 6.45) is 1.28. The van der Waals surface area contributed by atoms with Gasteiger partial charge in [0.25, 0.3) is 0 Å². The predicted molar refractivity (Wildman–Crippen MR) is 68.1 cm³/mol. The van der Waals surface area contributed by atoms with Crippen molar-refractivity contribution in [2.45, 2.75) is 29.9 Å². The second kappa shape index (κ2) is 4.22. The number of primary sulfonamides is 1. The van der Waals surface area contributed by atoms with E-state index in [2.05, 4.69) is 4.72 Å². The monoisotopic (exact) mass is 290 g/mol. The third-order valence-electron chi connectivity index (χ3n) is 2.75. The lowest BCUT2D eigenvalue weighted by Crippen LogP contribution is -2.19. The van der Waals surface area contributed by atoms with Crippen LogP contribution in [0.4, 0.5) is 5.69 Å². The zero-order valence-corrected chi connectivity index (χ0v) is 11.4. The van der Waals surface area contributed by atoms with Crippen molar-refractivity contribution in [3.63, 3.8) is 0 Å². The van der Waals surface area contributed by atoms with Gasteiger partial charge < -0.3 is 0 Å². The molecule has 1 fully saturated rings. The Morgan fingerprint density at radius 3 is 2.33 bits per heavy atom. The van der Waals surface area contributed by atoms with Gasteiger partial charge >= 0.3 is 0 Å². The number of anilines is 1. The number of nitrogens with one attached hydrogen (secondary N) is 1. The second-order valence-corrected chi connectivity index (χ2v) is 7.89. The fourth-order valence-electron chi connectivity index (χ4n) is 1.50. The summed E-state index contributed by atoms with van der Waals surface area (Å²) in [5, 5.41) is 4.64. The van der Waals surface area contributed by atoms with Crippen LogP contribution in [0.3, 0.4) is 0 Å². The fraction of sp³-hybridized carbons (Fsp3) is 0.400. The normalized spacial score (nSPS) is 16.6. The van der Waals surface area contributed by atoms with Gasteiger partial charge in [-0.3, -0.25) is 4.72 Å². The van der Waals surface area contributed by atoms with Gasteiger partial charge in [0, 0.05) is 0 Å². The van der Waals surface area contributed by atoms with Crippen molar-refractivity contribution in [3.8, 4) is 0 Å².